The van der Waals surface area contributed by atoms with Crippen molar-refractivity contribution < 1.29 is 0 Å². The molecule has 0 aliphatic carbocycles. The molecule has 2 aromatic rings. The summed E-state index contributed by atoms with van der Waals surface area (Å²) in [5.41, 5.74) is 2.07. The van der Waals surface area contributed by atoms with Gasteiger partial charge >= 0.3 is 0 Å². The van der Waals surface area contributed by atoms with Crippen molar-refractivity contribution in [2.45, 2.75) is 13.8 Å². The maximum atomic E-state index is 4.38. The topological polar surface area (TPSA) is 54.2 Å². The number of fused-ring (bicyclic) bond motifs is 1. The molecule has 2 aromatic heterocycles. The first-order valence-corrected chi connectivity index (χ1v) is 5.57. The van der Waals surface area contributed by atoms with Crippen LogP contribution in [-0.4, -0.2) is 34.2 Å². The summed E-state index contributed by atoms with van der Waals surface area (Å²) in [5, 5.41) is 10.7. The van der Waals surface area contributed by atoms with Gasteiger partial charge in [-0.2, -0.15) is 4.98 Å². The number of pyridine rings is 1. The van der Waals surface area contributed by atoms with Crippen molar-refractivity contribution in [3.63, 3.8) is 0 Å². The fourth-order valence-corrected chi connectivity index (χ4v) is 1.50. The minimum atomic E-state index is 0.684. The summed E-state index contributed by atoms with van der Waals surface area (Å²) < 4.78 is 1.78. The fourth-order valence-electron chi connectivity index (χ4n) is 1.50. The molecule has 0 bridgehead atoms. The number of aromatic nitrogens is 3. The Morgan fingerprint density at radius 3 is 3.06 bits per heavy atom. The third-order valence-electron chi connectivity index (χ3n) is 2.33. The lowest BCUT2D eigenvalue weighted by molar-refractivity contribution is 0.736. The highest BCUT2D eigenvalue weighted by Crippen LogP contribution is 2.06. The van der Waals surface area contributed by atoms with Crippen LogP contribution < -0.4 is 10.6 Å². The smallest absolute Gasteiger partial charge is 0.243 e. The molecule has 2 heterocycles. The average molecular weight is 219 g/mol. The van der Waals surface area contributed by atoms with Gasteiger partial charge in [0.2, 0.25) is 5.95 Å². The van der Waals surface area contributed by atoms with Crippen molar-refractivity contribution >= 4 is 11.6 Å². The van der Waals surface area contributed by atoms with Crippen LogP contribution in [0, 0.1) is 6.92 Å². The van der Waals surface area contributed by atoms with Gasteiger partial charge < -0.3 is 10.6 Å². The van der Waals surface area contributed by atoms with Gasteiger partial charge in [0.1, 0.15) is 0 Å². The van der Waals surface area contributed by atoms with E-state index in [4.69, 9.17) is 0 Å². The van der Waals surface area contributed by atoms with Crippen molar-refractivity contribution in [3.05, 3.63) is 23.9 Å². The summed E-state index contributed by atoms with van der Waals surface area (Å²) in [7, 11) is 0. The molecule has 86 valence electrons. The summed E-state index contributed by atoms with van der Waals surface area (Å²) in [6.45, 7) is 6.88. The van der Waals surface area contributed by atoms with E-state index < -0.39 is 0 Å². The molecule has 5 heteroatoms. The number of hydrogen-bond donors (Lipinski definition) is 2. The zero-order valence-corrected chi connectivity index (χ0v) is 9.70. The molecule has 0 saturated heterocycles. The van der Waals surface area contributed by atoms with Gasteiger partial charge in [-0.1, -0.05) is 6.92 Å². The summed E-state index contributed by atoms with van der Waals surface area (Å²) in [5.74, 6) is 0.684. The lowest BCUT2D eigenvalue weighted by atomic mass is 10.3. The molecule has 2 rings (SSSR count). The van der Waals surface area contributed by atoms with E-state index in [1.54, 1.807) is 4.52 Å². The van der Waals surface area contributed by atoms with E-state index in [1.165, 1.54) is 5.56 Å². The molecular weight excluding hydrogens is 202 g/mol. The number of nitrogens with one attached hydrogen (secondary N) is 2. The molecular formula is C11H17N5. The Hall–Kier alpha value is -1.62. The van der Waals surface area contributed by atoms with Crippen LogP contribution in [0.1, 0.15) is 12.5 Å². The Bertz CT molecular complexity index is 462. The van der Waals surface area contributed by atoms with Crippen LogP contribution in [0.25, 0.3) is 5.65 Å². The molecule has 5 nitrogen and oxygen atoms in total. The van der Waals surface area contributed by atoms with E-state index in [0.717, 1.165) is 25.3 Å². The number of rotatable bonds is 5. The average Bonchev–Trinajstić information content (AvgIpc) is 2.66. The van der Waals surface area contributed by atoms with Crippen molar-refractivity contribution in [1.82, 2.24) is 19.9 Å². The molecule has 0 aliphatic heterocycles. The zero-order valence-electron chi connectivity index (χ0n) is 9.70. The third kappa shape index (κ3) is 2.49. The minimum Gasteiger partial charge on any atom is -0.352 e. The highest BCUT2D eigenvalue weighted by Gasteiger charge is 2.01. The van der Waals surface area contributed by atoms with Crippen molar-refractivity contribution in [3.8, 4) is 0 Å². The predicted molar refractivity (Wildman–Crippen MR) is 64.8 cm³/mol. The Morgan fingerprint density at radius 1 is 1.38 bits per heavy atom. The van der Waals surface area contributed by atoms with Crippen LogP contribution in [0.15, 0.2) is 18.3 Å². The fraction of sp³-hybridized carbons (Fsp3) is 0.455. The van der Waals surface area contributed by atoms with E-state index in [1.807, 2.05) is 25.3 Å². The zero-order chi connectivity index (χ0) is 11.4. The summed E-state index contributed by atoms with van der Waals surface area (Å²) >= 11 is 0. The SMILES string of the molecule is CCNCCNc1nc2cc(C)ccn2n1. The van der Waals surface area contributed by atoms with Crippen LogP contribution >= 0.6 is 0 Å². The second-order valence-corrected chi connectivity index (χ2v) is 3.72. The number of hydrogen-bond acceptors (Lipinski definition) is 4. The lowest BCUT2D eigenvalue weighted by Crippen LogP contribution is -2.21. The van der Waals surface area contributed by atoms with Crippen molar-refractivity contribution in [1.29, 1.82) is 0 Å². The molecule has 2 N–H and O–H groups in total. The highest BCUT2D eigenvalue weighted by atomic mass is 15.3. The van der Waals surface area contributed by atoms with Gasteiger partial charge in [-0.3, -0.25) is 0 Å². The van der Waals surface area contributed by atoms with Crippen molar-refractivity contribution in [2.24, 2.45) is 0 Å². The number of anilines is 1. The summed E-state index contributed by atoms with van der Waals surface area (Å²) in [4.78, 5) is 4.38. The van der Waals surface area contributed by atoms with Crippen LogP contribution in [0.3, 0.4) is 0 Å². The molecule has 0 saturated carbocycles. The van der Waals surface area contributed by atoms with Gasteiger partial charge in [0.05, 0.1) is 0 Å². The van der Waals surface area contributed by atoms with Crippen LogP contribution in [-0.2, 0) is 0 Å². The first kappa shape index (κ1) is 10.9. The number of aryl methyl sites for hydroxylation is 1. The standard InChI is InChI=1S/C11H17N5/c1-3-12-5-6-13-11-14-10-8-9(2)4-7-16(10)15-11/h4,7-8,12H,3,5-6H2,1-2H3,(H,13,15). The Labute approximate surface area is 94.9 Å². The van der Waals surface area contributed by atoms with Crippen LogP contribution in [0.5, 0.6) is 0 Å². The Balaban J connectivity index is 2.02. The number of nitrogens with zero attached hydrogens (tertiary/aromatic N) is 3. The normalized spacial score (nSPS) is 10.9. The molecule has 0 atom stereocenters. The van der Waals surface area contributed by atoms with Gasteiger partial charge in [0, 0.05) is 19.3 Å². The van der Waals surface area contributed by atoms with E-state index >= 15 is 0 Å². The Kier molecular flexibility index (Phi) is 3.36. The van der Waals surface area contributed by atoms with E-state index in [-0.39, 0.29) is 0 Å². The van der Waals surface area contributed by atoms with Crippen molar-refractivity contribution in [2.75, 3.05) is 25.0 Å². The molecule has 0 spiro atoms. The summed E-state index contributed by atoms with van der Waals surface area (Å²) in [6, 6.07) is 4.03. The van der Waals surface area contributed by atoms with Gasteiger partial charge in [0.15, 0.2) is 5.65 Å². The largest absolute Gasteiger partial charge is 0.352 e. The number of likely N-dealkylation sites (N-methyl/N-ethyl adjacent to an activating group) is 1. The van der Waals surface area contributed by atoms with Crippen LogP contribution in [0.2, 0.25) is 0 Å². The molecule has 0 fully saturated rings. The van der Waals surface area contributed by atoms with Gasteiger partial charge in [-0.15, -0.1) is 5.10 Å². The molecule has 0 unspecified atom stereocenters. The monoisotopic (exact) mass is 219 g/mol. The maximum Gasteiger partial charge on any atom is 0.243 e. The molecule has 16 heavy (non-hydrogen) atoms. The third-order valence-corrected chi connectivity index (χ3v) is 2.33. The molecule has 0 aliphatic rings. The van der Waals surface area contributed by atoms with Crippen LogP contribution in [0.4, 0.5) is 5.95 Å². The van der Waals surface area contributed by atoms with E-state index in [9.17, 15) is 0 Å². The molecule has 0 radical (unpaired) electrons. The van der Waals surface area contributed by atoms with E-state index in [0.29, 0.717) is 5.95 Å². The second kappa shape index (κ2) is 4.94. The van der Waals surface area contributed by atoms with Gasteiger partial charge in [-0.25, -0.2) is 4.52 Å². The molecule has 0 aromatic carbocycles. The second-order valence-electron chi connectivity index (χ2n) is 3.72. The maximum absolute atomic E-state index is 4.38. The molecule has 0 amide bonds. The minimum absolute atomic E-state index is 0.684. The Morgan fingerprint density at radius 2 is 2.25 bits per heavy atom. The lowest BCUT2D eigenvalue weighted by Gasteiger charge is -2.00. The predicted octanol–water partition coefficient (Wildman–Crippen LogP) is 1.06. The first-order valence-electron chi connectivity index (χ1n) is 5.57. The first-order chi connectivity index (χ1) is 7.79. The van der Waals surface area contributed by atoms with Gasteiger partial charge in [0.25, 0.3) is 0 Å². The van der Waals surface area contributed by atoms with E-state index in [2.05, 4.69) is 27.6 Å². The summed E-state index contributed by atoms with van der Waals surface area (Å²) in [6.07, 6.45) is 1.92. The quantitative estimate of drug-likeness (QED) is 0.738. The highest BCUT2D eigenvalue weighted by molar-refractivity contribution is 5.45. The van der Waals surface area contributed by atoms with Gasteiger partial charge in [-0.05, 0) is 31.2 Å².